The van der Waals surface area contributed by atoms with Crippen LogP contribution in [0.15, 0.2) is 47.1 Å². The molecular weight excluding hydrogens is 502 g/mol. The van der Waals surface area contributed by atoms with E-state index in [0.717, 1.165) is 85.3 Å². The van der Waals surface area contributed by atoms with Gasteiger partial charge in [0.05, 0.1) is 36.0 Å². The fourth-order valence-electron chi connectivity index (χ4n) is 7.33. The van der Waals surface area contributed by atoms with E-state index in [1.807, 2.05) is 30.9 Å². The zero-order valence-corrected chi connectivity index (χ0v) is 23.9. The van der Waals surface area contributed by atoms with Crippen molar-refractivity contribution in [2.45, 2.75) is 90.1 Å². The van der Waals surface area contributed by atoms with Crippen molar-refractivity contribution in [1.29, 1.82) is 0 Å². The number of nitrogens with zero attached hydrogens (tertiary/aromatic N) is 3. The number of fused-ring (bicyclic) bond motifs is 4. The van der Waals surface area contributed by atoms with Crippen molar-refractivity contribution in [3.8, 4) is 0 Å². The molecule has 1 saturated carbocycles. The average molecular weight is 544 g/mol. The zero-order chi connectivity index (χ0) is 27.8. The number of hydrogen-bond acceptors (Lipinski definition) is 5. The van der Waals surface area contributed by atoms with Crippen molar-refractivity contribution in [1.82, 2.24) is 9.80 Å². The van der Waals surface area contributed by atoms with E-state index in [2.05, 4.69) is 23.1 Å². The van der Waals surface area contributed by atoms with E-state index in [-0.39, 0.29) is 36.8 Å². The van der Waals surface area contributed by atoms with Gasteiger partial charge < -0.3 is 19.4 Å². The highest BCUT2D eigenvalue weighted by molar-refractivity contribution is 6.06. The normalized spacial score (nSPS) is 23.2. The summed E-state index contributed by atoms with van der Waals surface area (Å²) in [6, 6.07) is 6.82. The molecule has 1 saturated heterocycles. The van der Waals surface area contributed by atoms with Gasteiger partial charge in [-0.1, -0.05) is 37.5 Å². The topological polar surface area (TPSA) is 70.2 Å². The molecule has 7 heteroatoms. The summed E-state index contributed by atoms with van der Waals surface area (Å²) in [6.07, 6.45) is 14.0. The fraction of sp³-hybridized carbons (Fsp3) is 0.545. The molecule has 7 nitrogen and oxygen atoms in total. The molecule has 0 aromatic heterocycles. The molecule has 40 heavy (non-hydrogen) atoms. The van der Waals surface area contributed by atoms with Crippen molar-refractivity contribution < 1.29 is 19.1 Å². The van der Waals surface area contributed by atoms with Crippen LogP contribution in [0.5, 0.6) is 0 Å². The molecule has 0 spiro atoms. The third-order valence-electron chi connectivity index (χ3n) is 9.27. The predicted molar refractivity (Wildman–Crippen MR) is 155 cm³/mol. The Kier molecular flexibility index (Phi) is 7.56. The number of esters is 1. The van der Waals surface area contributed by atoms with Crippen LogP contribution in [-0.2, 0) is 19.1 Å². The number of amides is 2. The molecular formula is C33H41N3O4. The summed E-state index contributed by atoms with van der Waals surface area (Å²) in [5.74, 6) is -0.343. The summed E-state index contributed by atoms with van der Waals surface area (Å²) in [4.78, 5) is 46.5. The van der Waals surface area contributed by atoms with Crippen LogP contribution in [0, 0.1) is 6.92 Å². The second-order valence-corrected chi connectivity index (χ2v) is 11.9. The molecule has 5 aliphatic rings. The third-order valence-corrected chi connectivity index (χ3v) is 9.27. The number of carbonyl (C=O) groups excluding carboxylic acids is 3. The van der Waals surface area contributed by atoms with Crippen LogP contribution in [-0.4, -0.2) is 65.9 Å². The van der Waals surface area contributed by atoms with E-state index in [1.165, 1.54) is 19.3 Å². The van der Waals surface area contributed by atoms with Gasteiger partial charge in [0.1, 0.15) is 6.54 Å². The number of aryl methyl sites for hydroxylation is 1. The lowest BCUT2D eigenvalue weighted by Gasteiger charge is -2.41. The molecule has 2 amide bonds. The smallest absolute Gasteiger partial charge is 0.337 e. The van der Waals surface area contributed by atoms with Gasteiger partial charge in [0, 0.05) is 24.7 Å². The van der Waals surface area contributed by atoms with E-state index in [0.29, 0.717) is 18.2 Å². The molecule has 6 rings (SSSR count). The van der Waals surface area contributed by atoms with Crippen molar-refractivity contribution in [3.63, 3.8) is 0 Å². The van der Waals surface area contributed by atoms with E-state index in [4.69, 9.17) is 4.74 Å². The first-order valence-corrected chi connectivity index (χ1v) is 15.3. The number of hydrogen-bond donors (Lipinski definition) is 0. The number of piperidine rings is 1. The largest absolute Gasteiger partial charge is 0.462 e. The average Bonchev–Trinajstić information content (AvgIpc) is 3.23. The van der Waals surface area contributed by atoms with Crippen molar-refractivity contribution in [2.75, 3.05) is 31.1 Å². The molecule has 0 bridgehead atoms. The van der Waals surface area contributed by atoms with Gasteiger partial charge in [-0.25, -0.2) is 4.79 Å². The number of anilines is 1. The standard InChI is InChI=1S/C33H41N3O4/c1-3-40-33(39)23-13-15-28-26(19-23)27-20-30(37)35(21-31(38)34-16-8-5-9-17-34)29-18-22(2)12-14-25(29)32(27)36(28)24-10-6-4-7-11-24/h12-14,18-19,24,28H,3-11,15-17,20-21H2,1-2H3. The van der Waals surface area contributed by atoms with Gasteiger partial charge in [-0.15, -0.1) is 0 Å². The van der Waals surface area contributed by atoms with Gasteiger partial charge in [-0.2, -0.15) is 0 Å². The van der Waals surface area contributed by atoms with Crippen LogP contribution in [0.25, 0.3) is 5.70 Å². The fourth-order valence-corrected chi connectivity index (χ4v) is 7.33. The molecule has 1 atom stereocenters. The SMILES string of the molecule is CCOC(=O)C1=CCC2C(=C1)C1=C(c3ccc(C)cc3N(CC(=O)N3CCCCC3)C(=O)C1)N2C1CCCCC1. The maximum atomic E-state index is 14.1. The minimum Gasteiger partial charge on any atom is -0.462 e. The summed E-state index contributed by atoms with van der Waals surface area (Å²) in [6.45, 7) is 5.79. The summed E-state index contributed by atoms with van der Waals surface area (Å²) in [7, 11) is 0. The molecule has 3 aliphatic heterocycles. The summed E-state index contributed by atoms with van der Waals surface area (Å²) < 4.78 is 5.34. The molecule has 1 aromatic carbocycles. The molecule has 212 valence electrons. The van der Waals surface area contributed by atoms with Gasteiger partial charge in [0.2, 0.25) is 11.8 Å². The first-order valence-electron chi connectivity index (χ1n) is 15.3. The number of rotatable bonds is 5. The second kappa shape index (κ2) is 11.3. The lowest BCUT2D eigenvalue weighted by molar-refractivity contribution is -0.138. The quantitative estimate of drug-likeness (QED) is 0.472. The first-order chi connectivity index (χ1) is 19.5. The first kappa shape index (κ1) is 26.9. The van der Waals surface area contributed by atoms with E-state index in [1.54, 1.807) is 4.90 Å². The summed E-state index contributed by atoms with van der Waals surface area (Å²) in [5.41, 5.74) is 6.69. The number of benzene rings is 1. The predicted octanol–water partition coefficient (Wildman–Crippen LogP) is 5.29. The van der Waals surface area contributed by atoms with E-state index < -0.39 is 0 Å². The Hall–Kier alpha value is -3.35. The maximum absolute atomic E-state index is 14.1. The van der Waals surface area contributed by atoms with Crippen molar-refractivity contribution >= 4 is 29.2 Å². The second-order valence-electron chi connectivity index (χ2n) is 11.9. The Morgan fingerprint density at radius 1 is 1.02 bits per heavy atom. The Morgan fingerprint density at radius 3 is 2.52 bits per heavy atom. The molecule has 3 heterocycles. The zero-order valence-electron chi connectivity index (χ0n) is 23.9. The van der Waals surface area contributed by atoms with Crippen LogP contribution in [0.2, 0.25) is 0 Å². The highest BCUT2D eigenvalue weighted by Gasteiger charge is 2.45. The van der Waals surface area contributed by atoms with Crippen molar-refractivity contribution in [2.24, 2.45) is 0 Å². The highest BCUT2D eigenvalue weighted by Crippen LogP contribution is 2.51. The summed E-state index contributed by atoms with van der Waals surface area (Å²) in [5, 5.41) is 0. The molecule has 0 N–H and O–H groups in total. The van der Waals surface area contributed by atoms with Gasteiger partial charge in [0.25, 0.3) is 0 Å². The molecule has 2 aliphatic carbocycles. The van der Waals surface area contributed by atoms with Gasteiger partial charge >= 0.3 is 5.97 Å². The Balaban J connectivity index is 1.44. The molecule has 2 fully saturated rings. The third kappa shape index (κ3) is 4.88. The lowest BCUT2D eigenvalue weighted by Crippen LogP contribution is -2.45. The number of likely N-dealkylation sites (tertiary alicyclic amines) is 1. The molecule has 1 unspecified atom stereocenters. The van der Waals surface area contributed by atoms with Gasteiger partial charge in [0.15, 0.2) is 0 Å². The Labute approximate surface area is 237 Å². The highest BCUT2D eigenvalue weighted by atomic mass is 16.5. The van der Waals surface area contributed by atoms with Crippen LogP contribution >= 0.6 is 0 Å². The Bertz CT molecular complexity index is 1300. The van der Waals surface area contributed by atoms with E-state index >= 15 is 0 Å². The maximum Gasteiger partial charge on any atom is 0.337 e. The number of carbonyl (C=O) groups is 3. The van der Waals surface area contributed by atoms with Gasteiger partial charge in [-0.3, -0.25) is 9.59 Å². The lowest BCUT2D eigenvalue weighted by atomic mass is 9.88. The minimum absolute atomic E-state index is 0.0222. The van der Waals surface area contributed by atoms with E-state index in [9.17, 15) is 14.4 Å². The number of ether oxygens (including phenoxy) is 1. The van der Waals surface area contributed by atoms with Gasteiger partial charge in [-0.05, 0) is 81.2 Å². The monoisotopic (exact) mass is 543 g/mol. The molecule has 0 radical (unpaired) electrons. The van der Waals surface area contributed by atoms with Crippen LogP contribution < -0.4 is 4.90 Å². The molecule has 1 aromatic rings. The Morgan fingerprint density at radius 2 is 1.77 bits per heavy atom. The minimum atomic E-state index is -0.309. The van der Waals surface area contributed by atoms with Crippen LogP contribution in [0.4, 0.5) is 5.69 Å². The van der Waals surface area contributed by atoms with Crippen LogP contribution in [0.1, 0.15) is 82.3 Å². The van der Waals surface area contributed by atoms with Crippen LogP contribution in [0.3, 0.4) is 0 Å². The summed E-state index contributed by atoms with van der Waals surface area (Å²) >= 11 is 0. The van der Waals surface area contributed by atoms with Crippen molar-refractivity contribution in [3.05, 3.63) is 58.2 Å².